The number of alkyl halides is 6. The van der Waals surface area contributed by atoms with Gasteiger partial charge >= 0.3 is 12.7 Å². The molecule has 0 aliphatic rings. The van der Waals surface area contributed by atoms with Crippen LogP contribution in [0.3, 0.4) is 0 Å². The maximum atomic E-state index is 13.1. The molecule has 0 amide bonds. The predicted octanol–water partition coefficient (Wildman–Crippen LogP) is 8.13. The zero-order valence-corrected chi connectivity index (χ0v) is 21.2. The van der Waals surface area contributed by atoms with Crippen LogP contribution >= 0.6 is 0 Å². The van der Waals surface area contributed by atoms with Gasteiger partial charge in [0, 0.05) is 12.0 Å². The summed E-state index contributed by atoms with van der Waals surface area (Å²) in [6, 6.07) is 27.0. The average molecular weight is 562 g/mol. The lowest BCUT2D eigenvalue weighted by molar-refractivity contribution is -0.275. The molecule has 0 aromatic heterocycles. The normalized spacial score (nSPS) is 12.1. The highest BCUT2D eigenvalue weighted by Crippen LogP contribution is 2.41. The largest absolute Gasteiger partial charge is 0.573 e. The van der Waals surface area contributed by atoms with Crippen LogP contribution < -0.4 is 19.5 Å². The Labute approximate surface area is 227 Å². The number of anilines is 1. The minimum absolute atomic E-state index is 0.0627. The molecule has 0 heterocycles. The standard InChI is InChI=1S/C30H25F6NO3/c1-38-27-16-6-5-15-26(27)37-20-28(19-21-9-3-2-4-10-21,22-11-7-13-24(17-22)39-29(31,32)33)23-12-8-14-25(18-23)40-30(34,35)36/h2-18,37H,19-20H2,1H3. The Morgan fingerprint density at radius 1 is 0.625 bits per heavy atom. The molecule has 4 aromatic rings. The third-order valence-corrected chi connectivity index (χ3v) is 6.28. The number of para-hydroxylation sites is 2. The van der Waals surface area contributed by atoms with Gasteiger partial charge in [0.2, 0.25) is 0 Å². The van der Waals surface area contributed by atoms with E-state index in [2.05, 4.69) is 14.8 Å². The number of ether oxygens (including phenoxy) is 3. The predicted molar refractivity (Wildman–Crippen MR) is 139 cm³/mol. The molecule has 4 nitrogen and oxygen atoms in total. The van der Waals surface area contributed by atoms with Gasteiger partial charge in [-0.1, -0.05) is 66.7 Å². The van der Waals surface area contributed by atoms with Crippen molar-refractivity contribution in [2.75, 3.05) is 19.0 Å². The smallest absolute Gasteiger partial charge is 0.495 e. The van der Waals surface area contributed by atoms with Crippen molar-refractivity contribution in [3.05, 3.63) is 120 Å². The molecular weight excluding hydrogens is 536 g/mol. The first kappa shape index (κ1) is 28.7. The van der Waals surface area contributed by atoms with Gasteiger partial charge in [-0.15, -0.1) is 26.3 Å². The number of nitrogens with one attached hydrogen (secondary N) is 1. The maximum Gasteiger partial charge on any atom is 0.573 e. The summed E-state index contributed by atoms with van der Waals surface area (Å²) in [6.07, 6.45) is -9.66. The van der Waals surface area contributed by atoms with Crippen LogP contribution in [0.25, 0.3) is 0 Å². The van der Waals surface area contributed by atoms with Gasteiger partial charge in [0.1, 0.15) is 17.2 Å². The Kier molecular flexibility index (Phi) is 8.46. The molecule has 1 N–H and O–H groups in total. The zero-order valence-electron chi connectivity index (χ0n) is 21.2. The van der Waals surface area contributed by atoms with Gasteiger partial charge in [0.15, 0.2) is 0 Å². The van der Waals surface area contributed by atoms with E-state index >= 15 is 0 Å². The van der Waals surface area contributed by atoms with E-state index in [1.807, 2.05) is 18.2 Å². The van der Waals surface area contributed by atoms with Crippen LogP contribution in [0.15, 0.2) is 103 Å². The molecule has 0 spiro atoms. The summed E-state index contributed by atoms with van der Waals surface area (Å²) >= 11 is 0. The molecule has 0 radical (unpaired) electrons. The number of halogens is 6. The highest BCUT2D eigenvalue weighted by molar-refractivity contribution is 5.58. The fourth-order valence-corrected chi connectivity index (χ4v) is 4.60. The first-order chi connectivity index (χ1) is 19.0. The van der Waals surface area contributed by atoms with Crippen LogP contribution in [0.5, 0.6) is 17.2 Å². The van der Waals surface area contributed by atoms with Gasteiger partial charge in [-0.2, -0.15) is 0 Å². The maximum absolute atomic E-state index is 13.1. The van der Waals surface area contributed by atoms with Crippen molar-refractivity contribution in [3.63, 3.8) is 0 Å². The van der Waals surface area contributed by atoms with Crippen molar-refractivity contribution in [1.29, 1.82) is 0 Å². The van der Waals surface area contributed by atoms with Crippen LogP contribution in [0.4, 0.5) is 32.0 Å². The van der Waals surface area contributed by atoms with E-state index in [9.17, 15) is 26.3 Å². The Hall–Kier alpha value is -4.34. The van der Waals surface area contributed by atoms with Crippen molar-refractivity contribution in [2.24, 2.45) is 0 Å². The summed E-state index contributed by atoms with van der Waals surface area (Å²) in [7, 11) is 1.49. The summed E-state index contributed by atoms with van der Waals surface area (Å²) in [4.78, 5) is 0. The zero-order chi connectivity index (χ0) is 28.8. The number of benzene rings is 4. The molecule has 4 rings (SSSR count). The van der Waals surface area contributed by atoms with Gasteiger partial charge in [-0.3, -0.25) is 0 Å². The van der Waals surface area contributed by atoms with Crippen molar-refractivity contribution in [2.45, 2.75) is 24.6 Å². The van der Waals surface area contributed by atoms with Gasteiger partial charge in [-0.05, 0) is 59.5 Å². The topological polar surface area (TPSA) is 39.7 Å². The summed E-state index contributed by atoms with van der Waals surface area (Å²) in [5.74, 6) is -0.399. The molecule has 0 atom stereocenters. The Balaban J connectivity index is 1.91. The molecule has 4 aromatic carbocycles. The van der Waals surface area contributed by atoms with E-state index < -0.39 is 29.6 Å². The second kappa shape index (κ2) is 11.8. The lowest BCUT2D eigenvalue weighted by atomic mass is 9.70. The SMILES string of the molecule is COc1ccccc1NCC(Cc1ccccc1)(c1cccc(OC(F)(F)F)c1)c1cccc(OC(F)(F)F)c1. The lowest BCUT2D eigenvalue weighted by Gasteiger charge is -2.37. The van der Waals surface area contributed by atoms with Crippen LogP contribution in [0, 0.1) is 0 Å². The molecule has 0 unspecified atom stereocenters. The van der Waals surface area contributed by atoms with Crippen LogP contribution in [0.1, 0.15) is 16.7 Å². The molecular formula is C30H25F6NO3. The van der Waals surface area contributed by atoms with Crippen LogP contribution in [-0.2, 0) is 11.8 Å². The van der Waals surface area contributed by atoms with Gasteiger partial charge in [0.25, 0.3) is 0 Å². The Bertz CT molecular complexity index is 1350. The monoisotopic (exact) mass is 561 g/mol. The van der Waals surface area contributed by atoms with E-state index in [1.54, 1.807) is 48.5 Å². The molecule has 0 saturated heterocycles. The average Bonchev–Trinajstić information content (AvgIpc) is 2.90. The summed E-state index contributed by atoms with van der Waals surface area (Å²) < 4.78 is 92.6. The second-order valence-electron chi connectivity index (χ2n) is 8.95. The first-order valence-electron chi connectivity index (χ1n) is 12.1. The number of hydrogen-bond acceptors (Lipinski definition) is 4. The third-order valence-electron chi connectivity index (χ3n) is 6.28. The molecule has 10 heteroatoms. The van der Waals surface area contributed by atoms with Gasteiger partial charge in [-0.25, -0.2) is 0 Å². The van der Waals surface area contributed by atoms with E-state index in [0.717, 1.165) is 5.56 Å². The summed E-state index contributed by atoms with van der Waals surface area (Å²) in [5, 5.41) is 3.31. The van der Waals surface area contributed by atoms with Gasteiger partial charge < -0.3 is 19.5 Å². The van der Waals surface area contributed by atoms with Gasteiger partial charge in [0.05, 0.1) is 12.8 Å². The third kappa shape index (κ3) is 7.40. The first-order valence-corrected chi connectivity index (χ1v) is 12.1. The minimum atomic E-state index is -4.93. The van der Waals surface area contributed by atoms with E-state index in [1.165, 1.54) is 43.5 Å². The second-order valence-corrected chi connectivity index (χ2v) is 8.95. The lowest BCUT2D eigenvalue weighted by Crippen LogP contribution is -2.38. The number of methoxy groups -OCH3 is 1. The molecule has 0 aliphatic heterocycles. The highest BCUT2D eigenvalue weighted by Gasteiger charge is 2.38. The molecule has 40 heavy (non-hydrogen) atoms. The van der Waals surface area contributed by atoms with E-state index in [4.69, 9.17) is 4.74 Å². The quantitative estimate of drug-likeness (QED) is 0.199. The highest BCUT2D eigenvalue weighted by atomic mass is 19.4. The summed E-state index contributed by atoms with van der Waals surface area (Å²) in [6.45, 7) is 0.0627. The van der Waals surface area contributed by atoms with E-state index in [0.29, 0.717) is 22.6 Å². The van der Waals surface area contributed by atoms with Crippen molar-refractivity contribution >= 4 is 5.69 Å². The molecule has 0 aliphatic carbocycles. The molecule has 0 bridgehead atoms. The Morgan fingerprint density at radius 3 is 1.68 bits per heavy atom. The molecule has 0 saturated carbocycles. The minimum Gasteiger partial charge on any atom is -0.495 e. The van der Waals surface area contributed by atoms with Crippen molar-refractivity contribution < 1.29 is 40.6 Å². The van der Waals surface area contributed by atoms with E-state index in [-0.39, 0.29) is 13.0 Å². The number of rotatable bonds is 10. The number of hydrogen-bond donors (Lipinski definition) is 1. The Morgan fingerprint density at radius 2 is 1.15 bits per heavy atom. The van der Waals surface area contributed by atoms with Crippen LogP contribution in [0.2, 0.25) is 0 Å². The fourth-order valence-electron chi connectivity index (χ4n) is 4.60. The summed E-state index contributed by atoms with van der Waals surface area (Å²) in [5.41, 5.74) is 0.953. The van der Waals surface area contributed by atoms with Crippen molar-refractivity contribution in [3.8, 4) is 17.2 Å². The molecule has 210 valence electrons. The fraction of sp³-hybridized carbons (Fsp3) is 0.200. The molecule has 0 fully saturated rings. The van der Waals surface area contributed by atoms with Crippen molar-refractivity contribution in [1.82, 2.24) is 0 Å². The van der Waals surface area contributed by atoms with Crippen LogP contribution in [-0.4, -0.2) is 26.4 Å².